The Morgan fingerprint density at radius 1 is 1.28 bits per heavy atom. The van der Waals surface area contributed by atoms with E-state index in [1.807, 2.05) is 6.92 Å². The molecule has 0 aromatic rings. The summed E-state index contributed by atoms with van der Waals surface area (Å²) in [5, 5.41) is 11.7. The van der Waals surface area contributed by atoms with E-state index in [2.05, 4.69) is 19.2 Å². The van der Waals surface area contributed by atoms with E-state index in [-0.39, 0.29) is 11.9 Å². The lowest BCUT2D eigenvalue weighted by Crippen LogP contribution is -2.43. The number of carbonyl (C=O) groups excluding carboxylic acids is 1. The number of aliphatic carboxylic acids is 1. The molecule has 0 spiro atoms. The van der Waals surface area contributed by atoms with Crippen molar-refractivity contribution < 1.29 is 19.4 Å². The summed E-state index contributed by atoms with van der Waals surface area (Å²) in [6.45, 7) is 6.19. The van der Waals surface area contributed by atoms with Crippen LogP contribution in [0.3, 0.4) is 0 Å². The maximum atomic E-state index is 11.9. The van der Waals surface area contributed by atoms with Crippen LogP contribution in [0.4, 0.5) is 0 Å². The number of hydrogen-bond donors (Lipinski definition) is 2. The first-order valence-electron chi connectivity index (χ1n) is 6.68. The highest BCUT2D eigenvalue weighted by Gasteiger charge is 2.35. The summed E-state index contributed by atoms with van der Waals surface area (Å²) in [5.74, 6) is -0.720. The van der Waals surface area contributed by atoms with Gasteiger partial charge in [0.05, 0.1) is 0 Å². The first-order chi connectivity index (χ1) is 8.49. The van der Waals surface area contributed by atoms with E-state index < -0.39 is 18.2 Å². The SMILES string of the molecule is CCC(CC)C(C)NC(=O)[C@@H]1CC[C@H](C(=O)O)O1. The summed E-state index contributed by atoms with van der Waals surface area (Å²) in [7, 11) is 0. The first-order valence-corrected chi connectivity index (χ1v) is 6.68. The highest BCUT2D eigenvalue weighted by Crippen LogP contribution is 2.21. The molecule has 0 aliphatic carbocycles. The minimum absolute atomic E-state index is 0.0972. The predicted octanol–water partition coefficient (Wildman–Crippen LogP) is 1.56. The van der Waals surface area contributed by atoms with Crippen LogP contribution in [-0.2, 0) is 14.3 Å². The molecule has 1 unspecified atom stereocenters. The molecule has 0 aromatic heterocycles. The topological polar surface area (TPSA) is 75.6 Å². The molecule has 0 radical (unpaired) electrons. The fourth-order valence-electron chi connectivity index (χ4n) is 2.44. The molecular weight excluding hydrogens is 234 g/mol. The zero-order valence-corrected chi connectivity index (χ0v) is 11.3. The van der Waals surface area contributed by atoms with Crippen molar-refractivity contribution in [3.63, 3.8) is 0 Å². The average molecular weight is 257 g/mol. The Kier molecular flexibility index (Phi) is 5.59. The summed E-state index contributed by atoms with van der Waals surface area (Å²) in [6, 6.07) is 0.0972. The number of nitrogens with one attached hydrogen (secondary N) is 1. The van der Waals surface area contributed by atoms with Crippen molar-refractivity contribution in [1.82, 2.24) is 5.32 Å². The standard InChI is InChI=1S/C13H23NO4/c1-4-9(5-2)8(3)14-12(15)10-6-7-11(18-10)13(16)17/h8-11H,4-7H2,1-3H3,(H,14,15)(H,16,17)/t8?,10-,11+/m0/s1. The molecular formula is C13H23NO4. The van der Waals surface area contributed by atoms with Crippen LogP contribution in [0, 0.1) is 5.92 Å². The summed E-state index contributed by atoms with van der Waals surface area (Å²) in [6.07, 6.45) is 1.49. The molecule has 1 rings (SSSR count). The van der Waals surface area contributed by atoms with Crippen LogP contribution in [0.15, 0.2) is 0 Å². The molecule has 5 heteroatoms. The molecule has 0 saturated carbocycles. The van der Waals surface area contributed by atoms with Gasteiger partial charge < -0.3 is 15.2 Å². The second-order valence-electron chi connectivity index (χ2n) is 4.90. The summed E-state index contributed by atoms with van der Waals surface area (Å²) in [5.41, 5.74) is 0. The lowest BCUT2D eigenvalue weighted by molar-refractivity contribution is -0.152. The molecule has 1 aliphatic heterocycles. The molecule has 0 bridgehead atoms. The number of hydrogen-bond acceptors (Lipinski definition) is 3. The van der Waals surface area contributed by atoms with Crippen molar-refractivity contribution in [3.8, 4) is 0 Å². The van der Waals surface area contributed by atoms with Crippen LogP contribution >= 0.6 is 0 Å². The first kappa shape index (κ1) is 15.0. The third-order valence-electron chi connectivity index (χ3n) is 3.71. The van der Waals surface area contributed by atoms with E-state index in [0.29, 0.717) is 18.8 Å². The maximum Gasteiger partial charge on any atom is 0.332 e. The van der Waals surface area contributed by atoms with Gasteiger partial charge in [-0.05, 0) is 25.7 Å². The van der Waals surface area contributed by atoms with Crippen molar-refractivity contribution >= 4 is 11.9 Å². The molecule has 0 aromatic carbocycles. The summed E-state index contributed by atoms with van der Waals surface area (Å²) in [4.78, 5) is 22.7. The zero-order chi connectivity index (χ0) is 13.7. The van der Waals surface area contributed by atoms with Gasteiger partial charge in [0.2, 0.25) is 5.91 Å². The average Bonchev–Trinajstić information content (AvgIpc) is 2.79. The van der Waals surface area contributed by atoms with E-state index in [9.17, 15) is 9.59 Å². The van der Waals surface area contributed by atoms with Gasteiger partial charge >= 0.3 is 5.97 Å². The lowest BCUT2D eigenvalue weighted by Gasteiger charge is -2.24. The molecule has 2 N–H and O–H groups in total. The van der Waals surface area contributed by atoms with Gasteiger partial charge in [0.15, 0.2) is 6.10 Å². The monoisotopic (exact) mass is 257 g/mol. The molecule has 1 aliphatic rings. The Balaban J connectivity index is 2.44. The second-order valence-corrected chi connectivity index (χ2v) is 4.90. The van der Waals surface area contributed by atoms with Gasteiger partial charge in [-0.3, -0.25) is 4.79 Å². The van der Waals surface area contributed by atoms with E-state index in [1.165, 1.54) is 0 Å². The largest absolute Gasteiger partial charge is 0.479 e. The van der Waals surface area contributed by atoms with E-state index >= 15 is 0 Å². The molecule has 1 fully saturated rings. The van der Waals surface area contributed by atoms with Gasteiger partial charge in [-0.1, -0.05) is 26.7 Å². The minimum Gasteiger partial charge on any atom is -0.479 e. The number of carboxylic acid groups (broad SMARTS) is 1. The van der Waals surface area contributed by atoms with Gasteiger partial charge in [-0.25, -0.2) is 4.79 Å². The third-order valence-corrected chi connectivity index (χ3v) is 3.71. The smallest absolute Gasteiger partial charge is 0.332 e. The Morgan fingerprint density at radius 3 is 2.28 bits per heavy atom. The molecule has 104 valence electrons. The van der Waals surface area contributed by atoms with Crippen LogP contribution in [-0.4, -0.2) is 35.2 Å². The highest BCUT2D eigenvalue weighted by molar-refractivity contribution is 5.82. The highest BCUT2D eigenvalue weighted by atomic mass is 16.5. The zero-order valence-electron chi connectivity index (χ0n) is 11.3. The van der Waals surface area contributed by atoms with Crippen molar-refractivity contribution in [2.24, 2.45) is 5.92 Å². The number of amides is 1. The van der Waals surface area contributed by atoms with Gasteiger partial charge in [0, 0.05) is 6.04 Å². The van der Waals surface area contributed by atoms with Gasteiger partial charge in [-0.15, -0.1) is 0 Å². The van der Waals surface area contributed by atoms with Crippen molar-refractivity contribution in [3.05, 3.63) is 0 Å². The number of carbonyl (C=O) groups is 2. The van der Waals surface area contributed by atoms with Crippen LogP contribution < -0.4 is 5.32 Å². The predicted molar refractivity (Wildman–Crippen MR) is 67.2 cm³/mol. The summed E-state index contributed by atoms with van der Waals surface area (Å²) < 4.78 is 5.22. The fraction of sp³-hybridized carbons (Fsp3) is 0.846. The maximum absolute atomic E-state index is 11.9. The van der Waals surface area contributed by atoms with E-state index in [4.69, 9.17) is 9.84 Å². The molecule has 18 heavy (non-hydrogen) atoms. The van der Waals surface area contributed by atoms with Gasteiger partial charge in [0.1, 0.15) is 6.10 Å². The Bertz CT molecular complexity index is 301. The molecule has 3 atom stereocenters. The Labute approximate surface area is 108 Å². The quantitative estimate of drug-likeness (QED) is 0.757. The third kappa shape index (κ3) is 3.70. The minimum atomic E-state index is -0.988. The summed E-state index contributed by atoms with van der Waals surface area (Å²) >= 11 is 0. The normalized spacial score (nSPS) is 25.1. The van der Waals surface area contributed by atoms with E-state index in [0.717, 1.165) is 12.8 Å². The van der Waals surface area contributed by atoms with Crippen LogP contribution in [0.2, 0.25) is 0 Å². The molecule has 1 amide bonds. The number of ether oxygens (including phenoxy) is 1. The second kappa shape index (κ2) is 6.73. The number of rotatable bonds is 6. The molecule has 1 saturated heterocycles. The van der Waals surface area contributed by atoms with Gasteiger partial charge in [-0.2, -0.15) is 0 Å². The Morgan fingerprint density at radius 2 is 1.83 bits per heavy atom. The lowest BCUT2D eigenvalue weighted by atomic mass is 9.95. The van der Waals surface area contributed by atoms with Gasteiger partial charge in [0.25, 0.3) is 0 Å². The fourth-order valence-corrected chi connectivity index (χ4v) is 2.44. The van der Waals surface area contributed by atoms with Crippen molar-refractivity contribution in [1.29, 1.82) is 0 Å². The van der Waals surface area contributed by atoms with E-state index in [1.54, 1.807) is 0 Å². The van der Waals surface area contributed by atoms with Crippen molar-refractivity contribution in [2.75, 3.05) is 0 Å². The molecule has 5 nitrogen and oxygen atoms in total. The number of carboxylic acids is 1. The Hall–Kier alpha value is -1.10. The van der Waals surface area contributed by atoms with Crippen LogP contribution in [0.5, 0.6) is 0 Å². The van der Waals surface area contributed by atoms with Crippen LogP contribution in [0.1, 0.15) is 46.5 Å². The molecule has 1 heterocycles. The van der Waals surface area contributed by atoms with Crippen LogP contribution in [0.25, 0.3) is 0 Å². The van der Waals surface area contributed by atoms with Crippen molar-refractivity contribution in [2.45, 2.75) is 64.7 Å².